The summed E-state index contributed by atoms with van der Waals surface area (Å²) in [6, 6.07) is 13.8. The van der Waals surface area contributed by atoms with Gasteiger partial charge >= 0.3 is 11.9 Å². The molecule has 4 aliphatic rings. The number of hydrogen-bond donors (Lipinski definition) is 2. The predicted molar refractivity (Wildman–Crippen MR) is 234 cm³/mol. The molecule has 2 fully saturated rings. The predicted octanol–water partition coefficient (Wildman–Crippen LogP) is 7.68. The number of aliphatic carboxylic acids is 2. The van der Waals surface area contributed by atoms with Crippen molar-refractivity contribution in [3.8, 4) is 33.8 Å². The first-order valence-corrected chi connectivity index (χ1v) is 21.8. The average molecular weight is 907 g/mol. The molecule has 0 saturated carbocycles. The van der Waals surface area contributed by atoms with E-state index in [2.05, 4.69) is 0 Å². The molecule has 0 radical (unpaired) electrons. The van der Waals surface area contributed by atoms with Crippen molar-refractivity contribution in [1.82, 2.24) is 9.80 Å². The normalized spacial score (nSPS) is 18.3. The molecule has 336 valence electrons. The van der Waals surface area contributed by atoms with E-state index in [0.29, 0.717) is 85.1 Å². The molecule has 2 atom stereocenters. The van der Waals surface area contributed by atoms with Gasteiger partial charge in [-0.25, -0.2) is 9.59 Å². The molecule has 8 rings (SSSR count). The minimum absolute atomic E-state index is 0.0288. The molecular formula is C46H42N4O14S. The number of amides is 2. The van der Waals surface area contributed by atoms with E-state index < -0.39 is 57.1 Å². The lowest BCUT2D eigenvalue weighted by Crippen LogP contribution is -2.47. The number of likely N-dealkylation sites (tertiary alicyclic amines) is 2. The van der Waals surface area contributed by atoms with Gasteiger partial charge in [0, 0.05) is 49.2 Å². The number of rotatable bonds is 12. The Morgan fingerprint density at radius 2 is 1.06 bits per heavy atom. The molecule has 4 aliphatic heterocycles. The van der Waals surface area contributed by atoms with Gasteiger partial charge in [-0.2, -0.15) is 9.78 Å². The summed E-state index contributed by atoms with van der Waals surface area (Å²) in [6.07, 6.45) is 9.21. The summed E-state index contributed by atoms with van der Waals surface area (Å²) in [5.41, 5.74) is 2.06. The second kappa shape index (κ2) is 19.3. The molecule has 2 saturated heterocycles. The van der Waals surface area contributed by atoms with Crippen LogP contribution < -0.4 is 9.78 Å². The molecule has 2 unspecified atom stereocenters. The van der Waals surface area contributed by atoms with Crippen LogP contribution in [-0.4, -0.2) is 92.0 Å². The summed E-state index contributed by atoms with van der Waals surface area (Å²) < 4.78 is 0. The molecule has 0 spiro atoms. The molecule has 2 amide bonds. The van der Waals surface area contributed by atoms with Crippen LogP contribution >= 0.6 is 11.8 Å². The summed E-state index contributed by atoms with van der Waals surface area (Å²) in [5, 5.41) is 46.3. The Labute approximate surface area is 375 Å². The van der Waals surface area contributed by atoms with Crippen LogP contribution in [0.15, 0.2) is 82.6 Å². The average Bonchev–Trinajstić information content (AvgIpc) is 3.31. The van der Waals surface area contributed by atoms with Crippen LogP contribution in [0.3, 0.4) is 0 Å². The first-order chi connectivity index (χ1) is 31.4. The Morgan fingerprint density at radius 1 is 0.631 bits per heavy atom. The Morgan fingerprint density at radius 3 is 1.46 bits per heavy atom. The van der Waals surface area contributed by atoms with Gasteiger partial charge in [-0.05, 0) is 109 Å². The number of nitro benzene ring substituents is 2. The highest BCUT2D eigenvalue weighted by molar-refractivity contribution is 7.99. The van der Waals surface area contributed by atoms with Crippen LogP contribution in [-0.2, 0) is 41.8 Å². The van der Waals surface area contributed by atoms with Gasteiger partial charge in [-0.1, -0.05) is 36.0 Å². The van der Waals surface area contributed by atoms with Crippen LogP contribution in [0.4, 0.5) is 11.4 Å². The number of carbonyl (C=O) groups is 4. The maximum atomic E-state index is 13.5. The van der Waals surface area contributed by atoms with Gasteiger partial charge in [-0.15, -0.1) is 0 Å². The second-order valence-electron chi connectivity index (χ2n) is 15.8. The molecule has 4 aromatic carbocycles. The fraction of sp³-hybridized carbons (Fsp3) is 0.304. The molecule has 65 heavy (non-hydrogen) atoms. The highest BCUT2D eigenvalue weighted by atomic mass is 32.2. The van der Waals surface area contributed by atoms with Crippen LogP contribution in [0.1, 0.15) is 60.8 Å². The lowest BCUT2D eigenvalue weighted by atomic mass is 9.94. The zero-order valence-corrected chi connectivity index (χ0v) is 35.5. The first-order valence-electron chi connectivity index (χ1n) is 21.0. The molecule has 4 aromatic rings. The van der Waals surface area contributed by atoms with Crippen LogP contribution in [0.2, 0.25) is 0 Å². The van der Waals surface area contributed by atoms with Gasteiger partial charge in [0.2, 0.25) is 11.8 Å². The van der Waals surface area contributed by atoms with Crippen molar-refractivity contribution in [3.63, 3.8) is 0 Å². The van der Waals surface area contributed by atoms with Gasteiger partial charge in [0.1, 0.15) is 12.1 Å². The minimum atomic E-state index is -1.12. The lowest BCUT2D eigenvalue weighted by molar-refractivity contribution is -0.387. The van der Waals surface area contributed by atoms with Gasteiger partial charge in [0.15, 0.2) is 11.5 Å². The number of carboxylic acids is 2. The highest BCUT2D eigenvalue weighted by Gasteiger charge is 2.34. The van der Waals surface area contributed by atoms with Crippen molar-refractivity contribution in [2.75, 3.05) is 26.3 Å². The Hall–Kier alpha value is -7.09. The molecule has 4 heterocycles. The number of piperidine rings is 2. The summed E-state index contributed by atoms with van der Waals surface area (Å²) in [7, 11) is 0. The Balaban J connectivity index is 1.25. The lowest BCUT2D eigenvalue weighted by Gasteiger charge is -2.32. The zero-order chi connectivity index (χ0) is 45.8. The SMILES string of the molecule is O=C(O)C1CCCCN1C(=O)C=Cc1ccc(Sc2ccc(C=CC(=O)N3CCCCC3C(=O)O)c(-c3ccc4c(c3)CCOO4)c2[N+](=O)[O-])c([N+](=O)[O-])c1-c1ccc2c(c1)CCOO2. The molecular weight excluding hydrogens is 865 g/mol. The van der Waals surface area contributed by atoms with Gasteiger partial charge in [0.25, 0.3) is 11.4 Å². The van der Waals surface area contributed by atoms with E-state index in [1.807, 2.05) is 0 Å². The van der Waals surface area contributed by atoms with Crippen LogP contribution in [0.25, 0.3) is 34.4 Å². The van der Waals surface area contributed by atoms with E-state index in [4.69, 9.17) is 19.6 Å². The zero-order valence-electron chi connectivity index (χ0n) is 34.7. The van der Waals surface area contributed by atoms with E-state index in [-0.39, 0.29) is 58.3 Å². The fourth-order valence-electron chi connectivity index (χ4n) is 8.66. The molecule has 2 N–H and O–H groups in total. The van der Waals surface area contributed by atoms with E-state index >= 15 is 0 Å². The molecule has 18 nitrogen and oxygen atoms in total. The first kappa shape index (κ1) is 44.5. The smallest absolute Gasteiger partial charge is 0.326 e. The standard InChI is InChI=1S/C46H42N4O14S/c51-39(47-21-3-1-5-33(47)45(53)54)17-11-27-9-15-37(43(49(57)58)41(27)31-7-13-35-29(25-31)19-23-61-63-35)65-38-16-10-28(12-18-40(52)48-22-4-2-6-34(48)46(55)56)42(44(38)50(59)60)32-8-14-36-30(26-32)20-24-62-64-36/h7-18,25-26,33-34H,1-6,19-24H2,(H,53,54)(H,55,56). The maximum absolute atomic E-state index is 13.5. The van der Waals surface area contributed by atoms with Crippen molar-refractivity contribution >= 4 is 59.0 Å². The monoisotopic (exact) mass is 906 g/mol. The highest BCUT2D eigenvalue weighted by Crippen LogP contribution is 2.49. The summed E-state index contributed by atoms with van der Waals surface area (Å²) in [6.45, 7) is 0.929. The summed E-state index contributed by atoms with van der Waals surface area (Å²) in [4.78, 5) is 100.0. The molecule has 0 bridgehead atoms. The number of nitrogens with zero attached hydrogens (tertiary/aromatic N) is 4. The van der Waals surface area contributed by atoms with E-state index in [1.54, 1.807) is 48.5 Å². The van der Waals surface area contributed by atoms with Crippen molar-refractivity contribution in [1.29, 1.82) is 0 Å². The van der Waals surface area contributed by atoms with Gasteiger partial charge < -0.3 is 29.8 Å². The van der Waals surface area contributed by atoms with E-state index in [9.17, 15) is 49.6 Å². The topological polar surface area (TPSA) is 238 Å². The van der Waals surface area contributed by atoms with Crippen molar-refractivity contribution in [3.05, 3.63) is 115 Å². The fourth-order valence-corrected chi connectivity index (χ4v) is 9.72. The number of benzene rings is 4. The maximum Gasteiger partial charge on any atom is 0.326 e. The van der Waals surface area contributed by atoms with E-state index in [0.717, 1.165) is 11.8 Å². The Bertz CT molecular complexity index is 2490. The molecule has 0 aliphatic carbocycles. The number of hydrogen-bond acceptors (Lipinski definition) is 13. The third-order valence-electron chi connectivity index (χ3n) is 11.8. The minimum Gasteiger partial charge on any atom is -0.480 e. The van der Waals surface area contributed by atoms with Gasteiger partial charge in [0.05, 0.1) is 44.0 Å². The number of carboxylic acid groups (broad SMARTS) is 2. The van der Waals surface area contributed by atoms with Crippen LogP contribution in [0, 0.1) is 20.2 Å². The summed E-state index contributed by atoms with van der Waals surface area (Å²) in [5.74, 6) is -2.55. The second-order valence-corrected chi connectivity index (χ2v) is 16.8. The van der Waals surface area contributed by atoms with E-state index in [1.165, 1.54) is 46.2 Å². The van der Waals surface area contributed by atoms with Gasteiger partial charge in [-0.3, -0.25) is 29.8 Å². The third kappa shape index (κ3) is 9.43. The largest absolute Gasteiger partial charge is 0.480 e. The number of nitro groups is 2. The van der Waals surface area contributed by atoms with Crippen molar-refractivity contribution in [2.45, 2.75) is 73.2 Å². The molecule has 0 aromatic heterocycles. The Kier molecular flexibility index (Phi) is 13.2. The molecule has 19 heteroatoms. The number of fused-ring (bicyclic) bond motifs is 2. The summed E-state index contributed by atoms with van der Waals surface area (Å²) >= 11 is 0.790. The van der Waals surface area contributed by atoms with Crippen LogP contribution in [0.5, 0.6) is 11.5 Å². The van der Waals surface area contributed by atoms with Crippen molar-refractivity contribution in [2.24, 2.45) is 0 Å². The van der Waals surface area contributed by atoms with Crippen molar-refractivity contribution < 1.29 is 58.8 Å². The quantitative estimate of drug-likeness (QED) is 0.0600. The number of carbonyl (C=O) groups excluding carboxylic acids is 2. The third-order valence-corrected chi connectivity index (χ3v) is 12.9.